The van der Waals surface area contributed by atoms with Gasteiger partial charge in [0.05, 0.1) is 5.52 Å². The van der Waals surface area contributed by atoms with E-state index < -0.39 is 0 Å². The largest absolute Gasteiger partial charge is 0.445 e. The summed E-state index contributed by atoms with van der Waals surface area (Å²) < 4.78 is 5.84. The van der Waals surface area contributed by atoms with E-state index in [0.717, 1.165) is 72.8 Å². The highest BCUT2D eigenvalue weighted by atomic mass is 16.4. The highest BCUT2D eigenvalue weighted by Crippen LogP contribution is 2.30. The lowest BCUT2D eigenvalue weighted by Gasteiger charge is -2.32. The molecule has 280 valence electrons. The summed E-state index contributed by atoms with van der Waals surface area (Å²) in [5, 5.41) is 7.72. The van der Waals surface area contributed by atoms with Gasteiger partial charge in [-0.15, -0.1) is 0 Å². The third-order valence-electron chi connectivity index (χ3n) is 10.0. The third-order valence-corrected chi connectivity index (χ3v) is 10.0. The minimum absolute atomic E-state index is 0.00743. The molecule has 1 unspecified atom stereocenters. The lowest BCUT2D eigenvalue weighted by atomic mass is 10.1. The van der Waals surface area contributed by atoms with Crippen molar-refractivity contribution in [1.29, 1.82) is 0 Å². The summed E-state index contributed by atoms with van der Waals surface area (Å²) in [6.07, 6.45) is 12.2. The Kier molecular flexibility index (Phi) is 11.9. The molecule has 7 rings (SSSR count). The Morgan fingerprint density at radius 3 is 2.69 bits per heavy atom. The van der Waals surface area contributed by atoms with Crippen LogP contribution in [0.1, 0.15) is 61.0 Å². The fourth-order valence-electron chi connectivity index (χ4n) is 7.08. The molecule has 0 saturated carbocycles. The summed E-state index contributed by atoms with van der Waals surface area (Å²) in [7, 11) is 0. The van der Waals surface area contributed by atoms with Crippen LogP contribution in [-0.2, 0) is 33.6 Å². The maximum Gasteiger partial charge on any atom is 0.248 e. The molecule has 0 spiro atoms. The summed E-state index contributed by atoms with van der Waals surface area (Å²) in [5.74, 6) is 8.82. The lowest BCUT2D eigenvalue weighted by Crippen LogP contribution is -2.52. The Morgan fingerprint density at radius 2 is 1.84 bits per heavy atom. The Bertz CT molecular complexity index is 2240. The molecule has 0 radical (unpaired) electrons. The molecular weight excluding hydrogens is 691 g/mol. The van der Waals surface area contributed by atoms with Gasteiger partial charge in [-0.05, 0) is 85.4 Å². The molecule has 4 heterocycles. The second-order valence-electron chi connectivity index (χ2n) is 14.0. The van der Waals surface area contributed by atoms with Gasteiger partial charge < -0.3 is 20.0 Å². The average molecular weight is 736 g/mol. The first-order chi connectivity index (χ1) is 26.9. The van der Waals surface area contributed by atoms with Crippen molar-refractivity contribution in [3.8, 4) is 23.2 Å². The number of anilines is 2. The Labute approximate surface area is 321 Å². The van der Waals surface area contributed by atoms with Gasteiger partial charge >= 0.3 is 0 Å². The molecule has 2 N–H and O–H groups in total. The predicted octanol–water partition coefficient (Wildman–Crippen LogP) is 6.28. The van der Waals surface area contributed by atoms with Gasteiger partial charge in [-0.2, -0.15) is 0 Å². The standard InChI is InChI=1S/C44H45N7O4/c1-2-40(53)50-24-25-51(41(54)30-50)42-21-19-36(55-42)18-20-39(52)46-23-10-6-4-3-5-7-12-31-16-17-32-27-35(28-34(32)26-31)47-44-37-14-8-9-15-38(37)48-43(49-44)33-13-11-22-45-29-33/h2,8-9,11,13-17,19,21-22,26,29,35H,1,3-6,10,18,20,23-25,27-28,30H2,(H,46,52)(H,47,48,49). The molecule has 3 aromatic heterocycles. The zero-order valence-corrected chi connectivity index (χ0v) is 30.9. The molecule has 11 heteroatoms. The van der Waals surface area contributed by atoms with E-state index in [9.17, 15) is 14.4 Å². The number of nitrogens with one attached hydrogen (secondary N) is 2. The summed E-state index contributed by atoms with van der Waals surface area (Å²) in [6.45, 7) is 4.88. The van der Waals surface area contributed by atoms with E-state index in [0.29, 0.717) is 49.9 Å². The molecule has 11 nitrogen and oxygen atoms in total. The van der Waals surface area contributed by atoms with Crippen molar-refractivity contribution < 1.29 is 18.8 Å². The fourth-order valence-corrected chi connectivity index (χ4v) is 7.08. The molecule has 5 aromatic rings. The van der Waals surface area contributed by atoms with Crippen LogP contribution in [0.3, 0.4) is 0 Å². The van der Waals surface area contributed by atoms with Crippen LogP contribution in [0.5, 0.6) is 0 Å². The number of fused-ring (bicyclic) bond motifs is 2. The molecule has 0 bridgehead atoms. The average Bonchev–Trinajstić information content (AvgIpc) is 3.86. The number of unbranched alkanes of at least 4 members (excludes halogenated alkanes) is 4. The van der Waals surface area contributed by atoms with Gasteiger partial charge in [-0.3, -0.25) is 24.3 Å². The van der Waals surface area contributed by atoms with Crippen molar-refractivity contribution in [2.75, 3.05) is 36.4 Å². The number of aromatic nitrogens is 3. The van der Waals surface area contributed by atoms with E-state index in [1.165, 1.54) is 27.0 Å². The van der Waals surface area contributed by atoms with Crippen molar-refractivity contribution in [3.05, 3.63) is 114 Å². The number of carbonyl (C=O) groups is 3. The number of rotatable bonds is 14. The van der Waals surface area contributed by atoms with Gasteiger partial charge in [-0.1, -0.05) is 49.5 Å². The van der Waals surface area contributed by atoms with Gasteiger partial charge in [0.1, 0.15) is 18.1 Å². The quantitative estimate of drug-likeness (QED) is 0.0775. The van der Waals surface area contributed by atoms with Crippen LogP contribution in [0.4, 0.5) is 11.7 Å². The van der Waals surface area contributed by atoms with Crippen LogP contribution in [-0.4, -0.2) is 69.8 Å². The molecule has 3 amide bonds. The topological polar surface area (TPSA) is 134 Å². The van der Waals surface area contributed by atoms with E-state index in [-0.39, 0.29) is 30.3 Å². The van der Waals surface area contributed by atoms with Crippen molar-refractivity contribution in [1.82, 2.24) is 25.2 Å². The number of furan rings is 1. The monoisotopic (exact) mass is 735 g/mol. The molecule has 2 aliphatic rings. The Balaban J connectivity index is 0.787. The fraction of sp³-hybridized carbons (Fsp3) is 0.318. The summed E-state index contributed by atoms with van der Waals surface area (Å²) in [5.41, 5.74) is 5.52. The normalized spacial score (nSPS) is 15.0. The third kappa shape index (κ3) is 9.45. The highest BCUT2D eigenvalue weighted by Gasteiger charge is 2.29. The molecule has 2 aromatic carbocycles. The molecule has 1 saturated heterocycles. The highest BCUT2D eigenvalue weighted by molar-refractivity contribution is 5.98. The summed E-state index contributed by atoms with van der Waals surface area (Å²) >= 11 is 0. The Morgan fingerprint density at radius 1 is 0.964 bits per heavy atom. The maximum absolute atomic E-state index is 12.5. The van der Waals surface area contributed by atoms with Crippen molar-refractivity contribution in [2.24, 2.45) is 0 Å². The summed E-state index contributed by atoms with van der Waals surface area (Å²) in [4.78, 5) is 53.7. The number of amides is 3. The number of pyridine rings is 1. The molecule has 1 aliphatic carbocycles. The van der Waals surface area contributed by atoms with Crippen LogP contribution >= 0.6 is 0 Å². The van der Waals surface area contributed by atoms with Crippen molar-refractivity contribution >= 4 is 40.3 Å². The smallest absolute Gasteiger partial charge is 0.248 e. The van der Waals surface area contributed by atoms with E-state index in [2.05, 4.69) is 58.3 Å². The first kappa shape index (κ1) is 37.1. The number of benzene rings is 2. The number of aryl methyl sites for hydroxylation is 1. The zero-order valence-electron chi connectivity index (χ0n) is 30.9. The van der Waals surface area contributed by atoms with E-state index >= 15 is 0 Å². The molecular formula is C44H45N7O4. The number of hydrogen-bond donors (Lipinski definition) is 2. The Hall–Kier alpha value is -6.28. The molecule has 1 atom stereocenters. The van der Waals surface area contributed by atoms with Gasteiger partial charge in [0, 0.05) is 79.9 Å². The first-order valence-electron chi connectivity index (χ1n) is 19.0. The van der Waals surface area contributed by atoms with E-state index in [1.807, 2.05) is 30.3 Å². The van der Waals surface area contributed by atoms with Gasteiger partial charge in [0.25, 0.3) is 0 Å². The first-order valence-corrected chi connectivity index (χ1v) is 19.0. The summed E-state index contributed by atoms with van der Waals surface area (Å²) in [6, 6.07) is 22.3. The number of hydrogen-bond acceptors (Lipinski definition) is 8. The zero-order chi connectivity index (χ0) is 38.0. The van der Waals surface area contributed by atoms with Crippen LogP contribution in [0.15, 0.2) is 96.2 Å². The van der Waals surface area contributed by atoms with Gasteiger partial charge in [0.2, 0.25) is 23.6 Å². The SMILES string of the molecule is C=CC(=O)N1CCN(c2ccc(CCC(=O)NCCCCCCC#Cc3ccc4c(c3)CC(Nc3nc(-c5cccnc5)nc5ccccc35)C4)o2)C(=O)C1. The number of para-hydroxylation sites is 1. The van der Waals surface area contributed by atoms with Gasteiger partial charge in [-0.25, -0.2) is 9.97 Å². The maximum atomic E-state index is 12.5. The van der Waals surface area contributed by atoms with Crippen LogP contribution in [0.25, 0.3) is 22.3 Å². The van der Waals surface area contributed by atoms with Crippen LogP contribution in [0, 0.1) is 11.8 Å². The second-order valence-corrected chi connectivity index (χ2v) is 14.0. The van der Waals surface area contributed by atoms with Crippen molar-refractivity contribution in [2.45, 2.75) is 63.8 Å². The second kappa shape index (κ2) is 17.7. The minimum atomic E-state index is -0.259. The van der Waals surface area contributed by atoms with Crippen LogP contribution in [0.2, 0.25) is 0 Å². The molecule has 1 aliphatic heterocycles. The van der Waals surface area contributed by atoms with E-state index in [1.54, 1.807) is 24.5 Å². The lowest BCUT2D eigenvalue weighted by molar-refractivity contribution is -0.133. The van der Waals surface area contributed by atoms with Crippen molar-refractivity contribution in [3.63, 3.8) is 0 Å². The molecule has 55 heavy (non-hydrogen) atoms. The van der Waals surface area contributed by atoms with Crippen LogP contribution < -0.4 is 15.5 Å². The minimum Gasteiger partial charge on any atom is -0.445 e. The van der Waals surface area contributed by atoms with E-state index in [4.69, 9.17) is 14.4 Å². The van der Waals surface area contributed by atoms with Gasteiger partial charge in [0.15, 0.2) is 5.82 Å². The predicted molar refractivity (Wildman–Crippen MR) is 213 cm³/mol. The molecule has 1 fully saturated rings. The number of carbonyl (C=O) groups excluding carboxylic acids is 3. The number of nitrogens with zero attached hydrogens (tertiary/aromatic N) is 5. The number of piperazine rings is 1.